The largest absolute Gasteiger partial charge is 0.453 e. The summed E-state index contributed by atoms with van der Waals surface area (Å²) in [7, 11) is -4.39. The van der Waals surface area contributed by atoms with E-state index in [0.29, 0.717) is 10.5 Å². The van der Waals surface area contributed by atoms with Crippen LogP contribution in [-0.4, -0.2) is 21.2 Å². The molecular formula is C9H10NO4P. The smallest absolute Gasteiger partial charge is 0.307 e. The zero-order valence-electron chi connectivity index (χ0n) is 7.78. The molecule has 1 aliphatic rings. The molecule has 1 aromatic carbocycles. The van der Waals surface area contributed by atoms with Crippen molar-refractivity contribution >= 4 is 13.4 Å². The highest BCUT2D eigenvalue weighted by Gasteiger charge is 2.32. The van der Waals surface area contributed by atoms with E-state index in [-0.39, 0.29) is 6.61 Å². The summed E-state index contributed by atoms with van der Waals surface area (Å²) >= 11 is 0. The van der Waals surface area contributed by atoms with Gasteiger partial charge in [-0.2, -0.15) is 4.83 Å². The van der Waals surface area contributed by atoms with Crippen LogP contribution in [0.2, 0.25) is 0 Å². The van der Waals surface area contributed by atoms with Gasteiger partial charge in [-0.15, -0.1) is 0 Å². The standard InChI is InChI=1S/C9H10NO4P/c11-15(12,13)10-9(6-7-14-10)8-4-2-1-3-5-8/h1-6H,7H2,(H2,11,12,13). The molecule has 2 rings (SSSR count). The van der Waals surface area contributed by atoms with Crippen molar-refractivity contribution < 1.29 is 19.2 Å². The van der Waals surface area contributed by atoms with Crippen LogP contribution in [0.3, 0.4) is 0 Å². The van der Waals surface area contributed by atoms with Crippen LogP contribution in [0.15, 0.2) is 36.4 Å². The van der Waals surface area contributed by atoms with Gasteiger partial charge in [-0.3, -0.25) is 4.84 Å². The molecule has 1 aromatic rings. The molecule has 0 saturated heterocycles. The summed E-state index contributed by atoms with van der Waals surface area (Å²) in [5.41, 5.74) is 1.13. The van der Waals surface area contributed by atoms with E-state index in [4.69, 9.17) is 14.6 Å². The highest BCUT2D eigenvalue weighted by atomic mass is 31.2. The summed E-state index contributed by atoms with van der Waals surface area (Å²) in [6.07, 6.45) is 1.63. The molecule has 0 amide bonds. The summed E-state index contributed by atoms with van der Waals surface area (Å²) in [5.74, 6) is 0. The Balaban J connectivity index is 2.34. The third kappa shape index (κ3) is 2.11. The van der Waals surface area contributed by atoms with E-state index in [1.54, 1.807) is 30.3 Å². The Morgan fingerprint density at radius 1 is 1.27 bits per heavy atom. The van der Waals surface area contributed by atoms with Crippen molar-refractivity contribution in [1.82, 2.24) is 4.83 Å². The van der Waals surface area contributed by atoms with E-state index in [2.05, 4.69) is 0 Å². The predicted octanol–water partition coefficient (Wildman–Crippen LogP) is 1.37. The van der Waals surface area contributed by atoms with E-state index >= 15 is 0 Å². The quantitative estimate of drug-likeness (QED) is 0.746. The first-order valence-corrected chi connectivity index (χ1v) is 5.90. The first-order chi connectivity index (χ1) is 7.09. The second kappa shape index (κ2) is 3.79. The van der Waals surface area contributed by atoms with Gasteiger partial charge >= 0.3 is 7.75 Å². The number of hydrogen-bond donors (Lipinski definition) is 2. The van der Waals surface area contributed by atoms with Gasteiger partial charge in [0.15, 0.2) is 0 Å². The molecule has 0 radical (unpaired) electrons. The van der Waals surface area contributed by atoms with Crippen LogP contribution in [0.5, 0.6) is 0 Å². The van der Waals surface area contributed by atoms with Crippen LogP contribution in [0.25, 0.3) is 5.70 Å². The highest BCUT2D eigenvalue weighted by Crippen LogP contribution is 2.47. The summed E-state index contributed by atoms with van der Waals surface area (Å²) in [6, 6.07) is 8.97. The predicted molar refractivity (Wildman–Crippen MR) is 54.3 cm³/mol. The van der Waals surface area contributed by atoms with E-state index in [1.807, 2.05) is 6.07 Å². The SMILES string of the molecule is O=P(O)(O)N1OCC=C1c1ccccc1. The van der Waals surface area contributed by atoms with Gasteiger partial charge in [0.25, 0.3) is 0 Å². The maximum atomic E-state index is 11.1. The van der Waals surface area contributed by atoms with Gasteiger partial charge in [0.05, 0.1) is 12.3 Å². The Hall–Kier alpha value is -1.13. The van der Waals surface area contributed by atoms with Crippen LogP contribution in [-0.2, 0) is 9.40 Å². The fourth-order valence-electron chi connectivity index (χ4n) is 1.39. The Kier molecular flexibility index (Phi) is 2.63. The lowest BCUT2D eigenvalue weighted by Crippen LogP contribution is -2.13. The number of benzene rings is 1. The number of hydrogen-bond acceptors (Lipinski definition) is 2. The third-order valence-corrected chi connectivity index (χ3v) is 2.79. The molecule has 0 spiro atoms. The Bertz CT molecular complexity index is 425. The van der Waals surface area contributed by atoms with Crippen LogP contribution in [0, 0.1) is 0 Å². The second-order valence-corrected chi connectivity index (χ2v) is 4.43. The zero-order chi connectivity index (χ0) is 10.9. The molecule has 0 fully saturated rings. The molecule has 1 heterocycles. The van der Waals surface area contributed by atoms with E-state index in [1.165, 1.54) is 0 Å². The minimum Gasteiger partial charge on any atom is -0.307 e. The van der Waals surface area contributed by atoms with Gasteiger partial charge < -0.3 is 9.79 Å². The lowest BCUT2D eigenvalue weighted by Gasteiger charge is -2.20. The summed E-state index contributed by atoms with van der Waals surface area (Å²) in [5, 5.41) is 0. The Morgan fingerprint density at radius 2 is 1.93 bits per heavy atom. The van der Waals surface area contributed by atoms with Gasteiger partial charge in [0.2, 0.25) is 0 Å². The maximum absolute atomic E-state index is 11.1. The lowest BCUT2D eigenvalue weighted by atomic mass is 10.2. The second-order valence-electron chi connectivity index (χ2n) is 3.04. The Morgan fingerprint density at radius 3 is 2.53 bits per heavy atom. The van der Waals surface area contributed by atoms with Gasteiger partial charge in [0.1, 0.15) is 0 Å². The molecule has 0 unspecified atom stereocenters. The molecule has 0 aromatic heterocycles. The van der Waals surface area contributed by atoms with E-state index in [9.17, 15) is 4.57 Å². The molecule has 6 heteroatoms. The molecule has 2 N–H and O–H groups in total. The molecule has 0 bridgehead atoms. The molecular weight excluding hydrogens is 217 g/mol. The molecule has 0 atom stereocenters. The summed E-state index contributed by atoms with van der Waals surface area (Å²) in [6.45, 7) is 0.176. The monoisotopic (exact) mass is 227 g/mol. The molecule has 15 heavy (non-hydrogen) atoms. The highest BCUT2D eigenvalue weighted by molar-refractivity contribution is 7.49. The lowest BCUT2D eigenvalue weighted by molar-refractivity contribution is -0.0266. The Labute approximate surface area is 86.8 Å². The van der Waals surface area contributed by atoms with Gasteiger partial charge in [-0.25, -0.2) is 4.57 Å². The molecule has 1 aliphatic heterocycles. The van der Waals surface area contributed by atoms with Gasteiger partial charge in [-0.1, -0.05) is 30.3 Å². The zero-order valence-corrected chi connectivity index (χ0v) is 8.67. The molecule has 0 aliphatic carbocycles. The molecule has 0 saturated carbocycles. The van der Waals surface area contributed by atoms with Crippen molar-refractivity contribution in [1.29, 1.82) is 0 Å². The first kappa shape index (κ1) is 10.4. The fourth-order valence-corrected chi connectivity index (χ4v) is 2.08. The fraction of sp³-hybridized carbons (Fsp3) is 0.111. The average molecular weight is 227 g/mol. The van der Waals surface area contributed by atoms with E-state index < -0.39 is 7.75 Å². The number of hydroxylamine groups is 1. The van der Waals surface area contributed by atoms with Crippen molar-refractivity contribution in [2.45, 2.75) is 0 Å². The summed E-state index contributed by atoms with van der Waals surface area (Å²) < 4.78 is 11.1. The van der Waals surface area contributed by atoms with Gasteiger partial charge in [0, 0.05) is 5.56 Å². The maximum Gasteiger partial charge on any atom is 0.453 e. The first-order valence-electron chi connectivity index (χ1n) is 4.34. The summed E-state index contributed by atoms with van der Waals surface area (Å²) in [4.78, 5) is 23.6. The third-order valence-electron chi connectivity index (χ3n) is 1.99. The van der Waals surface area contributed by atoms with E-state index in [0.717, 1.165) is 5.56 Å². The van der Waals surface area contributed by atoms with Gasteiger partial charge in [-0.05, 0) is 6.08 Å². The van der Waals surface area contributed by atoms with Crippen molar-refractivity contribution in [3.63, 3.8) is 0 Å². The normalized spacial score (nSPS) is 16.7. The van der Waals surface area contributed by atoms with Crippen molar-refractivity contribution in [3.05, 3.63) is 42.0 Å². The van der Waals surface area contributed by atoms with Crippen molar-refractivity contribution in [3.8, 4) is 0 Å². The van der Waals surface area contributed by atoms with Crippen LogP contribution in [0.1, 0.15) is 5.56 Å². The van der Waals surface area contributed by atoms with Crippen LogP contribution in [0.4, 0.5) is 0 Å². The number of nitrogens with zero attached hydrogens (tertiary/aromatic N) is 1. The van der Waals surface area contributed by atoms with Crippen LogP contribution >= 0.6 is 7.75 Å². The van der Waals surface area contributed by atoms with Crippen LogP contribution < -0.4 is 0 Å². The topological polar surface area (TPSA) is 70.0 Å². The average Bonchev–Trinajstić information content (AvgIpc) is 2.67. The van der Waals surface area contributed by atoms with Crippen molar-refractivity contribution in [2.24, 2.45) is 0 Å². The minimum absolute atomic E-state index is 0.176. The number of rotatable bonds is 2. The molecule has 5 nitrogen and oxygen atoms in total. The minimum atomic E-state index is -4.39. The molecule has 80 valence electrons. The van der Waals surface area contributed by atoms with Crippen molar-refractivity contribution in [2.75, 3.05) is 6.61 Å².